The summed E-state index contributed by atoms with van der Waals surface area (Å²) in [7, 11) is -1.68. The number of hydrogen-bond donors (Lipinski definition) is 1. The van der Waals surface area contributed by atoms with Crippen molar-refractivity contribution in [3.05, 3.63) is 54.1 Å². The molecule has 0 atom stereocenters. The average molecular weight is 412 g/mol. The molecule has 2 rings (SSSR count). The monoisotopic (exact) mass is 411 g/mol. The third-order valence-electron chi connectivity index (χ3n) is 3.75. The number of carbonyl (C=O) groups is 1. The molecule has 0 spiro atoms. The average Bonchev–Trinajstić information content (AvgIpc) is 2.61. The normalized spacial score (nSPS) is 12.4. The van der Waals surface area contributed by atoms with Crippen molar-refractivity contribution in [2.75, 3.05) is 33.5 Å². The van der Waals surface area contributed by atoms with Gasteiger partial charge in [-0.15, -0.1) is 0 Å². The molecule has 2 aromatic rings. The van der Waals surface area contributed by atoms with E-state index in [-0.39, 0.29) is 21.0 Å². The first kappa shape index (κ1) is 21.0. The second-order valence-corrected chi connectivity index (χ2v) is 10.4. The van der Waals surface area contributed by atoms with E-state index in [0.717, 1.165) is 8.61 Å². The molecule has 0 bridgehead atoms. The minimum Gasteiger partial charge on any atom is -0.322 e. The number of sulfonamides is 2. The molecule has 0 heterocycles. The minimum atomic E-state index is -3.67. The highest BCUT2D eigenvalue weighted by Gasteiger charge is 2.20. The largest absolute Gasteiger partial charge is 0.322 e. The molecule has 1 N–H and O–H groups in total. The maximum atomic E-state index is 12.5. The quantitative estimate of drug-likeness (QED) is 0.775. The molecule has 2 aromatic carbocycles. The Morgan fingerprint density at radius 3 is 1.78 bits per heavy atom. The van der Waals surface area contributed by atoms with Crippen LogP contribution in [-0.4, -0.2) is 59.5 Å². The van der Waals surface area contributed by atoms with Gasteiger partial charge in [-0.05, 0) is 36.4 Å². The third kappa shape index (κ3) is 4.53. The van der Waals surface area contributed by atoms with Crippen molar-refractivity contribution in [3.63, 3.8) is 0 Å². The zero-order valence-corrected chi connectivity index (χ0v) is 17.0. The van der Waals surface area contributed by atoms with Crippen LogP contribution < -0.4 is 5.32 Å². The highest BCUT2D eigenvalue weighted by molar-refractivity contribution is 7.89. The molecule has 8 nitrogen and oxygen atoms in total. The van der Waals surface area contributed by atoms with Gasteiger partial charge < -0.3 is 5.32 Å². The van der Waals surface area contributed by atoms with Gasteiger partial charge in [-0.25, -0.2) is 25.4 Å². The fourth-order valence-corrected chi connectivity index (χ4v) is 4.05. The maximum Gasteiger partial charge on any atom is 0.255 e. The van der Waals surface area contributed by atoms with Gasteiger partial charge in [0.25, 0.3) is 5.91 Å². The highest BCUT2D eigenvalue weighted by atomic mass is 32.2. The van der Waals surface area contributed by atoms with Crippen LogP contribution in [0.5, 0.6) is 0 Å². The molecule has 0 radical (unpaired) electrons. The minimum absolute atomic E-state index is 0.0101. The summed E-state index contributed by atoms with van der Waals surface area (Å²) >= 11 is 0. The summed E-state index contributed by atoms with van der Waals surface area (Å²) in [6, 6.07) is 11.4. The SMILES string of the molecule is CN(C)S(=O)(=O)c1cccc(NC(=O)c2cccc(S(=O)(=O)N(C)C)c2)c1. The van der Waals surface area contributed by atoms with Gasteiger partial charge in [0.05, 0.1) is 9.79 Å². The van der Waals surface area contributed by atoms with Gasteiger partial charge >= 0.3 is 0 Å². The lowest BCUT2D eigenvalue weighted by molar-refractivity contribution is 0.102. The molecule has 1 amide bonds. The second-order valence-electron chi connectivity index (χ2n) is 6.08. The Kier molecular flexibility index (Phi) is 6.05. The zero-order valence-electron chi connectivity index (χ0n) is 15.4. The number of benzene rings is 2. The van der Waals surface area contributed by atoms with Crippen LogP contribution in [0.1, 0.15) is 10.4 Å². The number of rotatable bonds is 6. The first-order chi connectivity index (χ1) is 12.5. The number of nitrogens with one attached hydrogen (secondary N) is 1. The van der Waals surface area contributed by atoms with Gasteiger partial charge in [0, 0.05) is 39.4 Å². The molecule has 10 heteroatoms. The summed E-state index contributed by atoms with van der Waals surface area (Å²) < 4.78 is 50.9. The van der Waals surface area contributed by atoms with Crippen molar-refractivity contribution >= 4 is 31.6 Å². The molecule has 0 aliphatic rings. The predicted octanol–water partition coefficient (Wildman–Crippen LogP) is 1.44. The number of anilines is 1. The topological polar surface area (TPSA) is 104 Å². The lowest BCUT2D eigenvalue weighted by Gasteiger charge is -2.13. The summed E-state index contributed by atoms with van der Waals surface area (Å²) in [6.45, 7) is 0. The molecule has 0 saturated heterocycles. The van der Waals surface area contributed by atoms with E-state index in [1.165, 1.54) is 70.7 Å². The van der Waals surface area contributed by atoms with Crippen molar-refractivity contribution in [1.29, 1.82) is 0 Å². The fourth-order valence-electron chi connectivity index (χ4n) is 2.16. The summed E-state index contributed by atoms with van der Waals surface area (Å²) in [4.78, 5) is 12.5. The third-order valence-corrected chi connectivity index (χ3v) is 7.37. The van der Waals surface area contributed by atoms with E-state index < -0.39 is 26.0 Å². The smallest absolute Gasteiger partial charge is 0.255 e. The van der Waals surface area contributed by atoms with Crippen LogP contribution in [0, 0.1) is 0 Å². The van der Waals surface area contributed by atoms with E-state index in [4.69, 9.17) is 0 Å². The van der Waals surface area contributed by atoms with E-state index in [2.05, 4.69) is 5.32 Å². The Morgan fingerprint density at radius 1 is 0.778 bits per heavy atom. The highest BCUT2D eigenvalue weighted by Crippen LogP contribution is 2.20. The lowest BCUT2D eigenvalue weighted by atomic mass is 10.2. The Bertz CT molecular complexity index is 1060. The Labute approximate surface area is 159 Å². The van der Waals surface area contributed by atoms with Crippen LogP contribution >= 0.6 is 0 Å². The van der Waals surface area contributed by atoms with Gasteiger partial charge in [-0.2, -0.15) is 0 Å². The van der Waals surface area contributed by atoms with Gasteiger partial charge in [0.1, 0.15) is 0 Å². The van der Waals surface area contributed by atoms with E-state index in [0.29, 0.717) is 0 Å². The molecule has 0 aliphatic carbocycles. The molecule has 0 unspecified atom stereocenters. The van der Waals surface area contributed by atoms with Crippen LogP contribution in [0.15, 0.2) is 58.3 Å². The summed E-state index contributed by atoms with van der Waals surface area (Å²) in [5, 5.41) is 2.59. The van der Waals surface area contributed by atoms with Crippen molar-refractivity contribution in [2.45, 2.75) is 9.79 Å². The Hall–Kier alpha value is -2.27. The molecule has 27 heavy (non-hydrogen) atoms. The molecular formula is C17H21N3O5S2. The predicted molar refractivity (Wildman–Crippen MR) is 103 cm³/mol. The molecule has 0 aromatic heterocycles. The van der Waals surface area contributed by atoms with Crippen molar-refractivity contribution < 1.29 is 21.6 Å². The summed E-state index contributed by atoms with van der Waals surface area (Å²) in [5.41, 5.74) is 0.419. The van der Waals surface area contributed by atoms with Crippen molar-refractivity contribution in [2.24, 2.45) is 0 Å². The molecular weight excluding hydrogens is 390 g/mol. The van der Waals surface area contributed by atoms with Gasteiger partial charge in [0.2, 0.25) is 20.0 Å². The van der Waals surface area contributed by atoms with Crippen LogP contribution in [0.3, 0.4) is 0 Å². The lowest BCUT2D eigenvalue weighted by Crippen LogP contribution is -2.23. The van der Waals surface area contributed by atoms with Crippen LogP contribution in [-0.2, 0) is 20.0 Å². The number of hydrogen-bond acceptors (Lipinski definition) is 5. The zero-order chi connectivity index (χ0) is 20.4. The van der Waals surface area contributed by atoms with E-state index >= 15 is 0 Å². The summed E-state index contributed by atoms with van der Waals surface area (Å²) in [6.07, 6.45) is 0. The van der Waals surface area contributed by atoms with Crippen LogP contribution in [0.2, 0.25) is 0 Å². The molecule has 0 saturated carbocycles. The summed E-state index contributed by atoms with van der Waals surface area (Å²) in [5.74, 6) is -0.551. The van der Waals surface area contributed by atoms with Crippen molar-refractivity contribution in [3.8, 4) is 0 Å². The number of nitrogens with zero attached hydrogens (tertiary/aromatic N) is 2. The van der Waals surface area contributed by atoms with E-state index in [1.54, 1.807) is 6.07 Å². The van der Waals surface area contributed by atoms with Crippen LogP contribution in [0.4, 0.5) is 5.69 Å². The van der Waals surface area contributed by atoms with E-state index in [1.807, 2.05) is 0 Å². The second kappa shape index (κ2) is 7.77. The van der Waals surface area contributed by atoms with Crippen molar-refractivity contribution in [1.82, 2.24) is 8.61 Å². The molecule has 0 fully saturated rings. The fraction of sp³-hybridized carbons (Fsp3) is 0.235. The van der Waals surface area contributed by atoms with E-state index in [9.17, 15) is 21.6 Å². The molecule has 146 valence electrons. The molecule has 0 aliphatic heterocycles. The van der Waals surface area contributed by atoms with Gasteiger partial charge in [0.15, 0.2) is 0 Å². The Balaban J connectivity index is 2.32. The first-order valence-corrected chi connectivity index (χ1v) is 10.7. The Morgan fingerprint density at radius 2 is 1.26 bits per heavy atom. The maximum absolute atomic E-state index is 12.5. The van der Waals surface area contributed by atoms with Gasteiger partial charge in [-0.3, -0.25) is 4.79 Å². The number of amides is 1. The van der Waals surface area contributed by atoms with Crippen LogP contribution in [0.25, 0.3) is 0 Å². The standard InChI is InChI=1S/C17H21N3O5S2/c1-19(2)26(22,23)15-9-5-7-13(11-15)17(21)18-14-8-6-10-16(12-14)27(24,25)20(3)4/h5-12H,1-4H3,(H,18,21). The first-order valence-electron chi connectivity index (χ1n) is 7.83. The van der Waals surface area contributed by atoms with Gasteiger partial charge in [-0.1, -0.05) is 12.1 Å². The number of carbonyl (C=O) groups excluding carboxylic acids is 1.